The Morgan fingerprint density at radius 1 is 1.17 bits per heavy atom. The number of nitrogens with zero attached hydrogens (tertiary/aromatic N) is 5. The Morgan fingerprint density at radius 2 is 2.10 bits per heavy atom. The van der Waals surface area contributed by atoms with Crippen molar-refractivity contribution in [2.24, 2.45) is 0 Å². The first-order valence-electron chi connectivity index (χ1n) is 9.28. The normalized spacial score (nSPS) is 15.0. The van der Waals surface area contributed by atoms with Crippen LogP contribution >= 0.6 is 0 Å². The van der Waals surface area contributed by atoms with Gasteiger partial charge in [0.25, 0.3) is 6.01 Å². The van der Waals surface area contributed by atoms with Gasteiger partial charge in [0.05, 0.1) is 46.8 Å². The highest BCUT2D eigenvalue weighted by molar-refractivity contribution is 5.78. The predicted octanol–water partition coefficient (Wildman–Crippen LogP) is 3.51. The van der Waals surface area contributed by atoms with Gasteiger partial charge < -0.3 is 9.47 Å². The van der Waals surface area contributed by atoms with Crippen LogP contribution in [0.5, 0.6) is 11.8 Å². The lowest BCUT2D eigenvalue weighted by atomic mass is 10.2. The molecule has 0 N–H and O–H groups in total. The molecule has 3 aromatic heterocycles. The number of hydrogen-bond donors (Lipinski definition) is 0. The standard InChI is InChI=1S/C22H17N5O2/c1-14-6-7-24-19(8-14)18-4-3-16(11-25-18)28-13-17-12-27-21-5-2-15(10-23)9-20(21)26-22(27)29-17/h2-9,11,17H,12-13H2,1H3/t17-/m0/s1. The molecule has 0 amide bonds. The van der Waals surface area contributed by atoms with Gasteiger partial charge in [-0.1, -0.05) is 0 Å². The Hall–Kier alpha value is -3.92. The predicted molar refractivity (Wildman–Crippen MR) is 107 cm³/mol. The van der Waals surface area contributed by atoms with Crippen molar-refractivity contribution in [3.63, 3.8) is 0 Å². The first kappa shape index (κ1) is 17.2. The van der Waals surface area contributed by atoms with Gasteiger partial charge in [0, 0.05) is 6.20 Å². The third kappa shape index (κ3) is 3.25. The van der Waals surface area contributed by atoms with E-state index in [1.807, 2.05) is 41.8 Å². The van der Waals surface area contributed by atoms with Crippen LogP contribution in [0, 0.1) is 18.3 Å². The minimum absolute atomic E-state index is 0.129. The molecule has 1 atom stereocenters. The molecule has 0 radical (unpaired) electrons. The summed E-state index contributed by atoms with van der Waals surface area (Å²) in [5.41, 5.74) is 5.10. The number of fused-ring (bicyclic) bond motifs is 3. The molecule has 0 fully saturated rings. The zero-order chi connectivity index (χ0) is 19.8. The van der Waals surface area contributed by atoms with Gasteiger partial charge in [-0.25, -0.2) is 0 Å². The van der Waals surface area contributed by atoms with Crippen LogP contribution in [0.15, 0.2) is 54.9 Å². The zero-order valence-electron chi connectivity index (χ0n) is 15.7. The van der Waals surface area contributed by atoms with Crippen molar-refractivity contribution in [2.75, 3.05) is 6.61 Å². The number of ether oxygens (including phenoxy) is 2. The number of rotatable bonds is 4. The molecule has 4 heterocycles. The van der Waals surface area contributed by atoms with E-state index in [-0.39, 0.29) is 6.10 Å². The van der Waals surface area contributed by atoms with Crippen molar-refractivity contribution >= 4 is 11.0 Å². The summed E-state index contributed by atoms with van der Waals surface area (Å²) >= 11 is 0. The van der Waals surface area contributed by atoms with Crippen LogP contribution < -0.4 is 9.47 Å². The molecule has 1 aromatic carbocycles. The van der Waals surface area contributed by atoms with E-state index >= 15 is 0 Å². The third-order valence-electron chi connectivity index (χ3n) is 4.85. The minimum Gasteiger partial charge on any atom is -0.488 e. The Bertz CT molecular complexity index is 1240. The lowest BCUT2D eigenvalue weighted by Gasteiger charge is -2.11. The summed E-state index contributed by atoms with van der Waals surface area (Å²) in [6, 6.07) is 15.9. The molecule has 0 saturated carbocycles. The summed E-state index contributed by atoms with van der Waals surface area (Å²) in [4.78, 5) is 13.3. The van der Waals surface area contributed by atoms with E-state index in [9.17, 15) is 0 Å². The van der Waals surface area contributed by atoms with Gasteiger partial charge >= 0.3 is 0 Å². The first-order chi connectivity index (χ1) is 14.2. The number of benzene rings is 1. The number of pyridine rings is 2. The summed E-state index contributed by atoms with van der Waals surface area (Å²) in [6.07, 6.45) is 3.35. The molecule has 0 aliphatic carbocycles. The van der Waals surface area contributed by atoms with Gasteiger partial charge in [0.1, 0.15) is 12.4 Å². The van der Waals surface area contributed by atoms with Gasteiger partial charge in [-0.15, -0.1) is 0 Å². The van der Waals surface area contributed by atoms with E-state index in [0.29, 0.717) is 30.5 Å². The SMILES string of the molecule is Cc1ccnc(-c2ccc(OC[C@@H]3Cn4c(nc5cc(C#N)ccc54)O3)cn2)c1. The molecular formula is C22H17N5O2. The highest BCUT2D eigenvalue weighted by Gasteiger charge is 2.27. The van der Waals surface area contributed by atoms with Crippen LogP contribution in [0.3, 0.4) is 0 Å². The molecule has 1 aliphatic rings. The fourth-order valence-corrected chi connectivity index (χ4v) is 3.40. The van der Waals surface area contributed by atoms with E-state index in [4.69, 9.17) is 14.7 Å². The maximum atomic E-state index is 9.02. The van der Waals surface area contributed by atoms with Gasteiger partial charge in [-0.3, -0.25) is 14.5 Å². The highest BCUT2D eigenvalue weighted by atomic mass is 16.6. The van der Waals surface area contributed by atoms with E-state index in [1.54, 1.807) is 24.5 Å². The summed E-state index contributed by atoms with van der Waals surface area (Å²) in [5, 5.41) is 9.02. The fourth-order valence-electron chi connectivity index (χ4n) is 3.40. The number of hydrogen-bond acceptors (Lipinski definition) is 6. The van der Waals surface area contributed by atoms with Crippen LogP contribution in [0.25, 0.3) is 22.4 Å². The lowest BCUT2D eigenvalue weighted by Crippen LogP contribution is -2.23. The second kappa shape index (κ2) is 6.91. The van der Waals surface area contributed by atoms with Crippen molar-refractivity contribution in [1.29, 1.82) is 5.26 Å². The topological polar surface area (TPSA) is 85.8 Å². The van der Waals surface area contributed by atoms with Crippen LogP contribution in [0.2, 0.25) is 0 Å². The fraction of sp³-hybridized carbons (Fsp3) is 0.182. The zero-order valence-corrected chi connectivity index (χ0v) is 15.7. The third-order valence-corrected chi connectivity index (χ3v) is 4.85. The van der Waals surface area contributed by atoms with Crippen LogP contribution in [0.4, 0.5) is 0 Å². The van der Waals surface area contributed by atoms with Crippen molar-refractivity contribution in [3.8, 4) is 29.2 Å². The number of aryl methyl sites for hydroxylation is 1. The smallest absolute Gasteiger partial charge is 0.297 e. The summed E-state index contributed by atoms with van der Waals surface area (Å²) < 4.78 is 13.8. The maximum Gasteiger partial charge on any atom is 0.297 e. The monoisotopic (exact) mass is 383 g/mol. The van der Waals surface area contributed by atoms with Crippen molar-refractivity contribution in [1.82, 2.24) is 19.5 Å². The van der Waals surface area contributed by atoms with E-state index < -0.39 is 0 Å². The largest absolute Gasteiger partial charge is 0.488 e. The first-order valence-corrected chi connectivity index (χ1v) is 9.28. The molecule has 5 rings (SSSR count). The van der Waals surface area contributed by atoms with Gasteiger partial charge in [-0.2, -0.15) is 10.2 Å². The molecule has 1 aliphatic heterocycles. The Labute approximate surface area is 167 Å². The second-order valence-electron chi connectivity index (χ2n) is 6.97. The number of aromatic nitrogens is 4. The maximum absolute atomic E-state index is 9.02. The Kier molecular flexibility index (Phi) is 4.10. The average molecular weight is 383 g/mol. The van der Waals surface area contributed by atoms with Crippen LogP contribution in [0.1, 0.15) is 11.1 Å². The van der Waals surface area contributed by atoms with Crippen molar-refractivity contribution in [2.45, 2.75) is 19.6 Å². The summed E-state index contributed by atoms with van der Waals surface area (Å²) in [7, 11) is 0. The molecule has 0 unspecified atom stereocenters. The molecular weight excluding hydrogens is 366 g/mol. The van der Waals surface area contributed by atoms with Gasteiger partial charge in [0.15, 0.2) is 6.10 Å². The number of nitriles is 1. The Morgan fingerprint density at radius 3 is 2.90 bits per heavy atom. The molecule has 0 saturated heterocycles. The Balaban J connectivity index is 1.24. The molecule has 0 spiro atoms. The molecule has 7 nitrogen and oxygen atoms in total. The molecule has 4 aromatic rings. The van der Waals surface area contributed by atoms with Crippen molar-refractivity contribution in [3.05, 3.63) is 66.0 Å². The van der Waals surface area contributed by atoms with E-state index in [2.05, 4.69) is 21.0 Å². The van der Waals surface area contributed by atoms with Crippen LogP contribution in [-0.2, 0) is 6.54 Å². The van der Waals surface area contributed by atoms with E-state index in [0.717, 1.165) is 28.0 Å². The van der Waals surface area contributed by atoms with Crippen molar-refractivity contribution < 1.29 is 9.47 Å². The average Bonchev–Trinajstić information content (AvgIpc) is 3.29. The van der Waals surface area contributed by atoms with E-state index in [1.165, 1.54) is 0 Å². The minimum atomic E-state index is -0.129. The number of imidazole rings is 1. The molecule has 29 heavy (non-hydrogen) atoms. The quantitative estimate of drug-likeness (QED) is 0.536. The highest BCUT2D eigenvalue weighted by Crippen LogP contribution is 2.28. The second-order valence-corrected chi connectivity index (χ2v) is 6.97. The lowest BCUT2D eigenvalue weighted by molar-refractivity contribution is 0.143. The molecule has 7 heteroatoms. The summed E-state index contributed by atoms with van der Waals surface area (Å²) in [6.45, 7) is 3.07. The van der Waals surface area contributed by atoms with Gasteiger partial charge in [-0.05, 0) is 55.0 Å². The summed E-state index contributed by atoms with van der Waals surface area (Å²) in [5.74, 6) is 0.679. The molecule has 0 bridgehead atoms. The van der Waals surface area contributed by atoms with Gasteiger partial charge in [0.2, 0.25) is 0 Å². The van der Waals surface area contributed by atoms with Crippen LogP contribution in [-0.4, -0.2) is 32.2 Å². The molecule has 142 valence electrons.